The zero-order valence-electron chi connectivity index (χ0n) is 5.29. The number of aromatic nitrogens is 2. The molecule has 0 aliphatic heterocycles. The van der Waals surface area contributed by atoms with Crippen LogP contribution in [0.1, 0.15) is 0 Å². The van der Waals surface area contributed by atoms with E-state index in [2.05, 4.69) is 5.10 Å². The minimum absolute atomic E-state index is 0.0564. The number of hydrogen-bond donors (Lipinski definition) is 1. The summed E-state index contributed by atoms with van der Waals surface area (Å²) in [7, 11) is 0. The fourth-order valence-electron chi connectivity index (χ4n) is 0.575. The molecule has 6 heteroatoms. The Kier molecular flexibility index (Phi) is 2.49. The van der Waals surface area contributed by atoms with Crippen LogP contribution >= 0.6 is 23.2 Å². The molecule has 0 aliphatic carbocycles. The third kappa shape index (κ3) is 1.71. The number of aliphatic hydroxyl groups is 1. The van der Waals surface area contributed by atoms with Gasteiger partial charge < -0.3 is 5.11 Å². The first-order valence-electron chi connectivity index (χ1n) is 2.69. The quantitative estimate of drug-likeness (QED) is 0.709. The van der Waals surface area contributed by atoms with Gasteiger partial charge in [-0.1, -0.05) is 23.2 Å². The Labute approximate surface area is 72.0 Å². The summed E-state index contributed by atoms with van der Waals surface area (Å²) in [6.07, 6.45) is 0. The van der Waals surface area contributed by atoms with Crippen molar-refractivity contribution in [2.24, 2.45) is 0 Å². The molecule has 0 aliphatic rings. The summed E-state index contributed by atoms with van der Waals surface area (Å²) in [5.74, 6) is 0. The molecule has 1 aromatic rings. The first kappa shape index (κ1) is 8.52. The highest BCUT2D eigenvalue weighted by molar-refractivity contribution is 6.33. The zero-order valence-corrected chi connectivity index (χ0v) is 6.80. The second-order valence-electron chi connectivity index (χ2n) is 1.76. The van der Waals surface area contributed by atoms with Crippen LogP contribution in [0.3, 0.4) is 0 Å². The maximum atomic E-state index is 10.9. The van der Waals surface area contributed by atoms with E-state index in [1.54, 1.807) is 0 Å². The average Bonchev–Trinajstić information content (AvgIpc) is 1.96. The maximum absolute atomic E-state index is 10.9. The van der Waals surface area contributed by atoms with Crippen molar-refractivity contribution < 1.29 is 5.11 Å². The maximum Gasteiger partial charge on any atom is 0.287 e. The lowest BCUT2D eigenvalue weighted by Gasteiger charge is -1.99. The van der Waals surface area contributed by atoms with E-state index in [0.29, 0.717) is 0 Å². The van der Waals surface area contributed by atoms with Gasteiger partial charge in [0.05, 0.1) is 0 Å². The second kappa shape index (κ2) is 3.21. The van der Waals surface area contributed by atoms with Gasteiger partial charge >= 0.3 is 0 Å². The van der Waals surface area contributed by atoms with Crippen LogP contribution in [0.5, 0.6) is 0 Å². The van der Waals surface area contributed by atoms with Gasteiger partial charge in [0, 0.05) is 6.07 Å². The Morgan fingerprint density at radius 1 is 1.64 bits per heavy atom. The summed E-state index contributed by atoms with van der Waals surface area (Å²) in [5.41, 5.74) is -0.557. The average molecular weight is 195 g/mol. The molecule has 0 radical (unpaired) electrons. The fourth-order valence-corrected chi connectivity index (χ4v) is 1.03. The van der Waals surface area contributed by atoms with Crippen LogP contribution in [-0.2, 0) is 6.73 Å². The van der Waals surface area contributed by atoms with Crippen molar-refractivity contribution in [3.63, 3.8) is 0 Å². The lowest BCUT2D eigenvalue weighted by molar-refractivity contribution is 0.189. The second-order valence-corrected chi connectivity index (χ2v) is 2.56. The van der Waals surface area contributed by atoms with Crippen LogP contribution in [0.2, 0.25) is 10.2 Å². The molecule has 0 atom stereocenters. The van der Waals surface area contributed by atoms with E-state index >= 15 is 0 Å². The van der Waals surface area contributed by atoms with E-state index in [-0.39, 0.29) is 10.2 Å². The van der Waals surface area contributed by atoms with Gasteiger partial charge in [-0.25, -0.2) is 4.68 Å². The van der Waals surface area contributed by atoms with Gasteiger partial charge in [0.2, 0.25) is 0 Å². The summed E-state index contributed by atoms with van der Waals surface area (Å²) in [6, 6.07) is 1.22. The van der Waals surface area contributed by atoms with Crippen LogP contribution in [0.4, 0.5) is 0 Å². The number of hydrogen-bond acceptors (Lipinski definition) is 3. The highest BCUT2D eigenvalue weighted by Gasteiger charge is 2.02. The minimum Gasteiger partial charge on any atom is -0.374 e. The van der Waals surface area contributed by atoms with Crippen molar-refractivity contribution in [3.8, 4) is 0 Å². The standard InChI is InChI=1S/C5H4Cl2N2O2/c6-3-1-4(7)8-9(2-10)5(3)11/h1,10H,2H2. The lowest BCUT2D eigenvalue weighted by atomic mass is 10.6. The first-order chi connectivity index (χ1) is 5.15. The summed E-state index contributed by atoms with van der Waals surface area (Å²) in [5, 5.41) is 12.1. The molecule has 0 aromatic carbocycles. The summed E-state index contributed by atoms with van der Waals surface area (Å²) >= 11 is 10.9. The van der Waals surface area contributed by atoms with Crippen molar-refractivity contribution in [1.82, 2.24) is 9.78 Å². The molecule has 0 spiro atoms. The van der Waals surface area contributed by atoms with Gasteiger partial charge in [-0.15, -0.1) is 0 Å². The van der Waals surface area contributed by atoms with Crippen LogP contribution in [-0.4, -0.2) is 14.9 Å². The minimum atomic E-state index is -0.557. The number of rotatable bonds is 1. The molecule has 0 bridgehead atoms. The van der Waals surface area contributed by atoms with Crippen molar-refractivity contribution in [2.75, 3.05) is 0 Å². The van der Waals surface area contributed by atoms with Crippen LogP contribution in [0.25, 0.3) is 0 Å². The molecule has 60 valence electrons. The summed E-state index contributed by atoms with van der Waals surface area (Å²) < 4.78 is 0.769. The Morgan fingerprint density at radius 2 is 2.27 bits per heavy atom. The molecule has 0 saturated carbocycles. The van der Waals surface area contributed by atoms with Crippen molar-refractivity contribution in [3.05, 3.63) is 26.6 Å². The van der Waals surface area contributed by atoms with Crippen LogP contribution in [0.15, 0.2) is 10.9 Å². The van der Waals surface area contributed by atoms with E-state index in [4.69, 9.17) is 28.3 Å². The summed E-state index contributed by atoms with van der Waals surface area (Å²) in [6.45, 7) is -0.529. The van der Waals surface area contributed by atoms with Gasteiger partial charge in [0.25, 0.3) is 5.56 Å². The fraction of sp³-hybridized carbons (Fsp3) is 0.200. The molecule has 0 saturated heterocycles. The van der Waals surface area contributed by atoms with E-state index in [9.17, 15) is 4.79 Å². The molecule has 4 nitrogen and oxygen atoms in total. The van der Waals surface area contributed by atoms with E-state index < -0.39 is 12.3 Å². The molecule has 1 N–H and O–H groups in total. The van der Waals surface area contributed by atoms with Gasteiger partial charge in [0.15, 0.2) is 5.15 Å². The molecule has 1 rings (SSSR count). The first-order valence-corrected chi connectivity index (χ1v) is 3.45. The van der Waals surface area contributed by atoms with Crippen LogP contribution < -0.4 is 5.56 Å². The van der Waals surface area contributed by atoms with Crippen LogP contribution in [0, 0.1) is 0 Å². The molecular weight excluding hydrogens is 191 g/mol. The smallest absolute Gasteiger partial charge is 0.287 e. The highest BCUT2D eigenvalue weighted by atomic mass is 35.5. The number of aliphatic hydroxyl groups excluding tert-OH is 1. The van der Waals surface area contributed by atoms with E-state index in [1.165, 1.54) is 6.07 Å². The lowest BCUT2D eigenvalue weighted by Crippen LogP contribution is -2.22. The zero-order chi connectivity index (χ0) is 8.43. The number of nitrogens with zero attached hydrogens (tertiary/aromatic N) is 2. The molecular formula is C5H4Cl2N2O2. The van der Waals surface area contributed by atoms with Crippen molar-refractivity contribution in [2.45, 2.75) is 6.73 Å². The topological polar surface area (TPSA) is 55.1 Å². The molecule has 0 fully saturated rings. The Hall–Kier alpha value is -0.580. The SMILES string of the molecule is O=c1c(Cl)cc(Cl)nn1CO. The molecule has 0 unspecified atom stereocenters. The Morgan fingerprint density at radius 3 is 2.82 bits per heavy atom. The van der Waals surface area contributed by atoms with Gasteiger partial charge in [-0.2, -0.15) is 5.10 Å². The Balaban J connectivity index is 3.37. The largest absolute Gasteiger partial charge is 0.374 e. The molecule has 1 heterocycles. The predicted octanol–water partition coefficient (Wildman–Crippen LogP) is 0.500. The molecule has 1 aromatic heterocycles. The van der Waals surface area contributed by atoms with Gasteiger partial charge in [0.1, 0.15) is 11.8 Å². The van der Waals surface area contributed by atoms with E-state index in [0.717, 1.165) is 4.68 Å². The predicted molar refractivity (Wildman–Crippen MR) is 40.7 cm³/mol. The third-order valence-electron chi connectivity index (χ3n) is 1.03. The molecule has 0 amide bonds. The third-order valence-corrected chi connectivity index (χ3v) is 1.49. The monoisotopic (exact) mass is 194 g/mol. The Bertz CT molecular complexity index is 323. The van der Waals surface area contributed by atoms with E-state index in [1.807, 2.05) is 0 Å². The normalized spacial score (nSPS) is 10.1. The number of halogens is 2. The van der Waals surface area contributed by atoms with Crippen molar-refractivity contribution in [1.29, 1.82) is 0 Å². The highest BCUT2D eigenvalue weighted by Crippen LogP contribution is 2.06. The van der Waals surface area contributed by atoms with Crippen molar-refractivity contribution >= 4 is 23.2 Å². The van der Waals surface area contributed by atoms with Gasteiger partial charge in [-0.05, 0) is 0 Å². The summed E-state index contributed by atoms with van der Waals surface area (Å²) in [4.78, 5) is 10.9. The van der Waals surface area contributed by atoms with Gasteiger partial charge in [-0.3, -0.25) is 4.79 Å². The molecule has 11 heavy (non-hydrogen) atoms.